The third-order valence-corrected chi connectivity index (χ3v) is 3.92. The van der Waals surface area contributed by atoms with Gasteiger partial charge in [0.25, 0.3) is 0 Å². The summed E-state index contributed by atoms with van der Waals surface area (Å²) in [7, 11) is 0. The molecule has 1 heterocycles. The molecule has 0 radical (unpaired) electrons. The van der Waals surface area contributed by atoms with Crippen molar-refractivity contribution >= 4 is 11.4 Å². The van der Waals surface area contributed by atoms with Gasteiger partial charge in [0.15, 0.2) is 5.75 Å². The molecule has 0 amide bonds. The minimum absolute atomic E-state index is 0.0266. The van der Waals surface area contributed by atoms with Crippen molar-refractivity contribution in [3.8, 4) is 5.75 Å². The lowest BCUT2D eigenvalue weighted by Crippen LogP contribution is -2.39. The number of nitro groups is 1. The Labute approximate surface area is 137 Å². The highest BCUT2D eigenvalue weighted by molar-refractivity contribution is 5.68. The van der Waals surface area contributed by atoms with Gasteiger partial charge in [0.05, 0.1) is 11.5 Å². The summed E-state index contributed by atoms with van der Waals surface area (Å²) in [5, 5.41) is 14.7. The molecule has 0 aliphatic carbocycles. The summed E-state index contributed by atoms with van der Waals surface area (Å²) in [4.78, 5) is 13.4. The summed E-state index contributed by atoms with van der Waals surface area (Å²) in [6.07, 6.45) is 1.92. The molecule has 2 rings (SSSR count). The standard InChI is InChI=1S/C17H25N3O3/c1-4-23-16-7-5-6-15(17(16)20(21)22)18-14-8-10-19(11-9-14)12-13(2)3/h5-7,14,18H,2,4,8-12H2,1,3H3. The normalized spacial score (nSPS) is 16.1. The maximum Gasteiger partial charge on any atom is 0.333 e. The Bertz CT molecular complexity index is 566. The summed E-state index contributed by atoms with van der Waals surface area (Å²) < 4.78 is 5.39. The molecular formula is C17H25N3O3. The SMILES string of the molecule is C=C(C)CN1CCC(Nc2cccc(OCC)c2[N+](=O)[O-])CC1. The van der Waals surface area contributed by atoms with Gasteiger partial charge in [-0.05, 0) is 38.8 Å². The fourth-order valence-corrected chi connectivity index (χ4v) is 2.94. The molecule has 1 aromatic rings. The zero-order chi connectivity index (χ0) is 16.8. The largest absolute Gasteiger partial charge is 0.487 e. The van der Waals surface area contributed by atoms with Crippen molar-refractivity contribution in [2.75, 3.05) is 31.6 Å². The summed E-state index contributed by atoms with van der Waals surface area (Å²) in [6.45, 7) is 11.1. The van der Waals surface area contributed by atoms with Crippen molar-refractivity contribution < 1.29 is 9.66 Å². The van der Waals surface area contributed by atoms with Crippen LogP contribution in [0.2, 0.25) is 0 Å². The second kappa shape index (κ2) is 7.97. The number of nitro benzene ring substituents is 1. The van der Waals surface area contributed by atoms with Gasteiger partial charge < -0.3 is 10.1 Å². The molecule has 1 aromatic carbocycles. The molecule has 1 fully saturated rings. The van der Waals surface area contributed by atoms with Crippen LogP contribution in [-0.2, 0) is 0 Å². The molecule has 0 saturated carbocycles. The number of likely N-dealkylation sites (tertiary alicyclic amines) is 1. The molecule has 23 heavy (non-hydrogen) atoms. The van der Waals surface area contributed by atoms with Crippen LogP contribution < -0.4 is 10.1 Å². The van der Waals surface area contributed by atoms with Crippen LogP contribution in [0.5, 0.6) is 5.75 Å². The average Bonchev–Trinajstić information content (AvgIpc) is 2.49. The lowest BCUT2D eigenvalue weighted by molar-refractivity contribution is -0.385. The van der Waals surface area contributed by atoms with E-state index in [-0.39, 0.29) is 16.7 Å². The van der Waals surface area contributed by atoms with Gasteiger partial charge >= 0.3 is 5.69 Å². The number of nitrogens with one attached hydrogen (secondary N) is 1. The van der Waals surface area contributed by atoms with Crippen molar-refractivity contribution in [2.45, 2.75) is 32.7 Å². The van der Waals surface area contributed by atoms with Crippen LogP contribution in [0.1, 0.15) is 26.7 Å². The molecule has 6 heteroatoms. The van der Waals surface area contributed by atoms with E-state index in [0.29, 0.717) is 18.0 Å². The lowest BCUT2D eigenvalue weighted by Gasteiger charge is -2.32. The van der Waals surface area contributed by atoms with Crippen LogP contribution in [0, 0.1) is 10.1 Å². The van der Waals surface area contributed by atoms with Gasteiger partial charge in [-0.25, -0.2) is 0 Å². The van der Waals surface area contributed by atoms with E-state index in [1.165, 1.54) is 0 Å². The first-order chi connectivity index (χ1) is 11.0. The van der Waals surface area contributed by atoms with Gasteiger partial charge in [0.2, 0.25) is 0 Å². The highest BCUT2D eigenvalue weighted by Gasteiger charge is 2.25. The third kappa shape index (κ3) is 4.69. The number of benzene rings is 1. The first-order valence-corrected chi connectivity index (χ1v) is 8.04. The zero-order valence-electron chi connectivity index (χ0n) is 13.9. The first kappa shape index (κ1) is 17.3. The van der Waals surface area contributed by atoms with Crippen molar-refractivity contribution in [1.82, 2.24) is 4.90 Å². The molecule has 0 atom stereocenters. The Kier molecular flexibility index (Phi) is 5.98. The van der Waals surface area contributed by atoms with Crippen LogP contribution in [0.25, 0.3) is 0 Å². The summed E-state index contributed by atoms with van der Waals surface area (Å²) >= 11 is 0. The van der Waals surface area contributed by atoms with Gasteiger partial charge in [-0.1, -0.05) is 18.2 Å². The molecule has 6 nitrogen and oxygen atoms in total. The monoisotopic (exact) mass is 319 g/mol. The summed E-state index contributed by atoms with van der Waals surface area (Å²) in [5.74, 6) is 0.321. The minimum atomic E-state index is -0.371. The van der Waals surface area contributed by atoms with Gasteiger partial charge in [-0.3, -0.25) is 15.0 Å². The van der Waals surface area contributed by atoms with Gasteiger partial charge in [-0.15, -0.1) is 0 Å². The van der Waals surface area contributed by atoms with E-state index in [1.54, 1.807) is 18.2 Å². The van der Waals surface area contributed by atoms with Gasteiger partial charge in [0, 0.05) is 25.7 Å². The molecule has 1 saturated heterocycles. The molecule has 0 bridgehead atoms. The maximum absolute atomic E-state index is 11.4. The van der Waals surface area contributed by atoms with E-state index in [1.807, 2.05) is 13.8 Å². The topological polar surface area (TPSA) is 67.6 Å². The van der Waals surface area contributed by atoms with Gasteiger partial charge in [-0.2, -0.15) is 0 Å². The van der Waals surface area contributed by atoms with Gasteiger partial charge in [0.1, 0.15) is 5.69 Å². The van der Waals surface area contributed by atoms with Crippen LogP contribution >= 0.6 is 0 Å². The Hall–Kier alpha value is -2.08. The third-order valence-electron chi connectivity index (χ3n) is 3.92. The number of anilines is 1. The smallest absolute Gasteiger partial charge is 0.333 e. The zero-order valence-corrected chi connectivity index (χ0v) is 13.9. The van der Waals surface area contributed by atoms with Crippen molar-refractivity contribution in [3.05, 3.63) is 40.5 Å². The van der Waals surface area contributed by atoms with Crippen LogP contribution in [-0.4, -0.2) is 42.1 Å². The highest BCUT2D eigenvalue weighted by atomic mass is 16.6. The lowest BCUT2D eigenvalue weighted by atomic mass is 10.0. The van der Waals surface area contributed by atoms with E-state index < -0.39 is 0 Å². The second-order valence-corrected chi connectivity index (χ2v) is 5.99. The quantitative estimate of drug-likeness (QED) is 0.474. The molecular weight excluding hydrogens is 294 g/mol. The Morgan fingerprint density at radius 1 is 1.48 bits per heavy atom. The van der Waals surface area contributed by atoms with E-state index in [0.717, 1.165) is 38.0 Å². The Balaban J connectivity index is 2.05. The summed E-state index contributed by atoms with van der Waals surface area (Å²) in [5.41, 5.74) is 1.73. The fraction of sp³-hybridized carbons (Fsp3) is 0.529. The maximum atomic E-state index is 11.4. The number of hydrogen-bond acceptors (Lipinski definition) is 5. The number of rotatable bonds is 7. The van der Waals surface area contributed by atoms with Crippen molar-refractivity contribution in [3.63, 3.8) is 0 Å². The van der Waals surface area contributed by atoms with Crippen molar-refractivity contribution in [2.24, 2.45) is 0 Å². The highest BCUT2D eigenvalue weighted by Crippen LogP contribution is 2.35. The number of nitrogens with zero attached hydrogens (tertiary/aromatic N) is 2. The second-order valence-electron chi connectivity index (χ2n) is 5.99. The number of piperidine rings is 1. The molecule has 0 spiro atoms. The summed E-state index contributed by atoms with van der Waals surface area (Å²) in [6, 6.07) is 5.42. The minimum Gasteiger partial charge on any atom is -0.487 e. The fourth-order valence-electron chi connectivity index (χ4n) is 2.94. The Morgan fingerprint density at radius 2 is 2.17 bits per heavy atom. The predicted octanol–water partition coefficient (Wildman–Crippen LogP) is 3.45. The number of para-hydroxylation sites is 1. The van der Waals surface area contributed by atoms with E-state index in [4.69, 9.17) is 4.74 Å². The molecule has 1 N–H and O–H groups in total. The van der Waals surface area contributed by atoms with E-state index in [2.05, 4.69) is 16.8 Å². The molecule has 1 aliphatic rings. The Morgan fingerprint density at radius 3 is 2.74 bits per heavy atom. The predicted molar refractivity (Wildman–Crippen MR) is 92.2 cm³/mol. The molecule has 1 aliphatic heterocycles. The first-order valence-electron chi connectivity index (χ1n) is 8.04. The molecule has 0 aromatic heterocycles. The number of ether oxygens (including phenoxy) is 1. The van der Waals surface area contributed by atoms with Crippen molar-refractivity contribution in [1.29, 1.82) is 0 Å². The number of hydrogen-bond donors (Lipinski definition) is 1. The van der Waals surface area contributed by atoms with Crippen LogP contribution in [0.3, 0.4) is 0 Å². The van der Waals surface area contributed by atoms with Crippen LogP contribution in [0.15, 0.2) is 30.4 Å². The molecule has 126 valence electrons. The van der Waals surface area contributed by atoms with E-state index >= 15 is 0 Å². The average molecular weight is 319 g/mol. The molecule has 0 unspecified atom stereocenters. The van der Waals surface area contributed by atoms with E-state index in [9.17, 15) is 10.1 Å². The van der Waals surface area contributed by atoms with Crippen LogP contribution in [0.4, 0.5) is 11.4 Å².